The predicted molar refractivity (Wildman–Crippen MR) is 66.6 cm³/mol. The number of aryl methyl sites for hydroxylation is 1. The molecule has 0 atom stereocenters. The second-order valence-electron chi connectivity index (χ2n) is 4.83. The third-order valence-electron chi connectivity index (χ3n) is 3.30. The van der Waals surface area contributed by atoms with Crippen molar-refractivity contribution < 1.29 is 4.74 Å². The fraction of sp³-hybridized carbons (Fsp3) is 0.667. The fourth-order valence-electron chi connectivity index (χ4n) is 2.12. The largest absolute Gasteiger partial charge is 0.474 e. The van der Waals surface area contributed by atoms with Crippen LogP contribution < -0.4 is 16.0 Å². The number of ether oxygens (including phenoxy) is 1. The van der Waals surface area contributed by atoms with Crippen LogP contribution in [0.3, 0.4) is 0 Å². The van der Waals surface area contributed by atoms with Crippen LogP contribution in [0, 0.1) is 12.8 Å². The van der Waals surface area contributed by atoms with Gasteiger partial charge in [-0.3, -0.25) is 5.43 Å². The number of hydrogen-bond acceptors (Lipinski definition) is 5. The van der Waals surface area contributed by atoms with Crippen LogP contribution in [0.1, 0.15) is 38.2 Å². The molecule has 1 aliphatic rings. The molecule has 0 saturated heterocycles. The Hall–Kier alpha value is -1.36. The Balaban J connectivity index is 2.02. The van der Waals surface area contributed by atoms with Gasteiger partial charge in [-0.1, -0.05) is 6.92 Å². The molecule has 0 radical (unpaired) electrons. The molecular formula is C12H20N4O. The molecule has 17 heavy (non-hydrogen) atoms. The van der Waals surface area contributed by atoms with E-state index in [9.17, 15) is 0 Å². The number of hydrazine groups is 1. The smallest absolute Gasteiger partial charge is 0.240 e. The lowest BCUT2D eigenvalue weighted by atomic mass is 9.89. The number of aromatic nitrogens is 2. The Morgan fingerprint density at radius 3 is 2.71 bits per heavy atom. The Morgan fingerprint density at radius 2 is 2.06 bits per heavy atom. The van der Waals surface area contributed by atoms with Gasteiger partial charge in [-0.2, -0.15) is 4.98 Å². The Kier molecular flexibility index (Phi) is 3.78. The minimum atomic E-state index is 0.283. The van der Waals surface area contributed by atoms with Gasteiger partial charge in [0.05, 0.1) is 0 Å². The summed E-state index contributed by atoms with van der Waals surface area (Å²) in [6.07, 6.45) is 6.69. The third kappa shape index (κ3) is 3.06. The second-order valence-corrected chi connectivity index (χ2v) is 4.83. The molecule has 1 aromatic heterocycles. The van der Waals surface area contributed by atoms with Crippen LogP contribution in [0.25, 0.3) is 0 Å². The topological polar surface area (TPSA) is 73.1 Å². The number of rotatable bonds is 3. The van der Waals surface area contributed by atoms with Crippen molar-refractivity contribution in [3.05, 3.63) is 11.8 Å². The fourth-order valence-corrected chi connectivity index (χ4v) is 2.12. The summed E-state index contributed by atoms with van der Waals surface area (Å²) >= 11 is 0. The van der Waals surface area contributed by atoms with Gasteiger partial charge in [0.25, 0.3) is 0 Å². The standard InChI is InChI=1S/C12H20N4O/c1-8-3-5-10(6-4-8)17-11-9(2)7-14-12(15-11)16-13/h7-8,10H,3-6,13H2,1-2H3,(H,14,15,16). The number of nitrogens with one attached hydrogen (secondary N) is 1. The van der Waals surface area contributed by atoms with Crippen molar-refractivity contribution in [1.82, 2.24) is 9.97 Å². The lowest BCUT2D eigenvalue weighted by Gasteiger charge is -2.26. The van der Waals surface area contributed by atoms with Crippen molar-refractivity contribution >= 4 is 5.95 Å². The van der Waals surface area contributed by atoms with E-state index in [2.05, 4.69) is 22.3 Å². The summed E-state index contributed by atoms with van der Waals surface area (Å²) in [6.45, 7) is 4.24. The van der Waals surface area contributed by atoms with Crippen LogP contribution in [0.5, 0.6) is 5.88 Å². The van der Waals surface area contributed by atoms with E-state index in [0.717, 1.165) is 24.3 Å². The Labute approximate surface area is 102 Å². The highest BCUT2D eigenvalue weighted by Crippen LogP contribution is 2.27. The monoisotopic (exact) mass is 236 g/mol. The molecule has 0 aliphatic heterocycles. The number of anilines is 1. The van der Waals surface area contributed by atoms with Crippen LogP contribution in [0.2, 0.25) is 0 Å². The first-order valence-corrected chi connectivity index (χ1v) is 6.16. The van der Waals surface area contributed by atoms with E-state index < -0.39 is 0 Å². The van der Waals surface area contributed by atoms with Crippen molar-refractivity contribution in [1.29, 1.82) is 0 Å². The van der Waals surface area contributed by atoms with Gasteiger partial charge in [0, 0.05) is 11.8 Å². The van der Waals surface area contributed by atoms with E-state index in [1.165, 1.54) is 12.8 Å². The van der Waals surface area contributed by atoms with Crippen molar-refractivity contribution in [2.45, 2.75) is 45.6 Å². The van der Waals surface area contributed by atoms with E-state index in [1.54, 1.807) is 6.20 Å². The highest BCUT2D eigenvalue weighted by atomic mass is 16.5. The maximum Gasteiger partial charge on any atom is 0.240 e. The summed E-state index contributed by atoms with van der Waals surface area (Å²) in [4.78, 5) is 8.27. The van der Waals surface area contributed by atoms with E-state index >= 15 is 0 Å². The minimum Gasteiger partial charge on any atom is -0.474 e. The molecule has 0 unspecified atom stereocenters. The molecule has 0 bridgehead atoms. The average Bonchev–Trinajstić information content (AvgIpc) is 2.35. The van der Waals surface area contributed by atoms with Gasteiger partial charge in [0.15, 0.2) is 0 Å². The molecule has 2 rings (SSSR count). The van der Waals surface area contributed by atoms with Gasteiger partial charge in [-0.15, -0.1) is 0 Å². The normalized spacial score (nSPS) is 24.4. The van der Waals surface area contributed by atoms with Crippen LogP contribution in [-0.4, -0.2) is 16.1 Å². The molecule has 1 aliphatic carbocycles. The van der Waals surface area contributed by atoms with Crippen molar-refractivity contribution in [3.63, 3.8) is 0 Å². The summed E-state index contributed by atoms with van der Waals surface area (Å²) < 4.78 is 5.93. The van der Waals surface area contributed by atoms with Crippen LogP contribution >= 0.6 is 0 Å². The molecule has 0 spiro atoms. The Bertz CT molecular complexity index is 375. The summed E-state index contributed by atoms with van der Waals surface area (Å²) in [5.41, 5.74) is 3.38. The summed E-state index contributed by atoms with van der Waals surface area (Å²) in [5, 5.41) is 0. The second kappa shape index (κ2) is 5.31. The molecule has 1 aromatic rings. The highest BCUT2D eigenvalue weighted by molar-refractivity contribution is 5.31. The average molecular weight is 236 g/mol. The summed E-state index contributed by atoms with van der Waals surface area (Å²) in [5.74, 6) is 7.16. The Morgan fingerprint density at radius 1 is 1.35 bits per heavy atom. The molecule has 5 heteroatoms. The quantitative estimate of drug-likeness (QED) is 0.620. The van der Waals surface area contributed by atoms with Gasteiger partial charge < -0.3 is 4.74 Å². The van der Waals surface area contributed by atoms with Gasteiger partial charge in [-0.25, -0.2) is 10.8 Å². The maximum atomic E-state index is 5.93. The molecule has 3 N–H and O–H groups in total. The highest BCUT2D eigenvalue weighted by Gasteiger charge is 2.20. The molecule has 5 nitrogen and oxygen atoms in total. The molecule has 1 saturated carbocycles. The third-order valence-corrected chi connectivity index (χ3v) is 3.30. The SMILES string of the molecule is Cc1cnc(NN)nc1OC1CCC(C)CC1. The summed E-state index contributed by atoms with van der Waals surface area (Å²) in [7, 11) is 0. The molecule has 94 valence electrons. The minimum absolute atomic E-state index is 0.283. The summed E-state index contributed by atoms with van der Waals surface area (Å²) in [6, 6.07) is 0. The number of hydrogen-bond donors (Lipinski definition) is 2. The number of nitrogen functional groups attached to an aromatic ring is 1. The lowest BCUT2D eigenvalue weighted by Crippen LogP contribution is -2.24. The van der Waals surface area contributed by atoms with Crippen molar-refractivity contribution in [3.8, 4) is 5.88 Å². The van der Waals surface area contributed by atoms with Crippen molar-refractivity contribution in [2.75, 3.05) is 5.43 Å². The first-order valence-electron chi connectivity index (χ1n) is 6.16. The number of nitrogens with zero attached hydrogens (tertiary/aromatic N) is 2. The molecule has 0 aromatic carbocycles. The van der Waals surface area contributed by atoms with E-state index in [4.69, 9.17) is 10.6 Å². The first kappa shape index (κ1) is 12.1. The van der Waals surface area contributed by atoms with Gasteiger partial charge in [0.1, 0.15) is 6.10 Å². The molecule has 1 fully saturated rings. The zero-order chi connectivity index (χ0) is 12.3. The predicted octanol–water partition coefficient (Wildman–Crippen LogP) is 2.03. The van der Waals surface area contributed by atoms with E-state index in [-0.39, 0.29) is 6.10 Å². The molecule has 0 amide bonds. The van der Waals surface area contributed by atoms with Gasteiger partial charge >= 0.3 is 0 Å². The maximum absolute atomic E-state index is 5.93. The molecule has 1 heterocycles. The van der Waals surface area contributed by atoms with Crippen LogP contribution in [-0.2, 0) is 0 Å². The van der Waals surface area contributed by atoms with E-state index in [0.29, 0.717) is 11.8 Å². The molecular weight excluding hydrogens is 216 g/mol. The van der Waals surface area contributed by atoms with Crippen molar-refractivity contribution in [2.24, 2.45) is 11.8 Å². The zero-order valence-electron chi connectivity index (χ0n) is 10.4. The zero-order valence-corrected chi connectivity index (χ0v) is 10.4. The first-order chi connectivity index (χ1) is 8.19. The van der Waals surface area contributed by atoms with Crippen LogP contribution in [0.15, 0.2) is 6.20 Å². The van der Waals surface area contributed by atoms with Crippen LogP contribution in [0.4, 0.5) is 5.95 Å². The lowest BCUT2D eigenvalue weighted by molar-refractivity contribution is 0.129. The number of nitrogens with two attached hydrogens (primary N) is 1. The van der Waals surface area contributed by atoms with Gasteiger partial charge in [0.2, 0.25) is 11.8 Å². The van der Waals surface area contributed by atoms with Gasteiger partial charge in [-0.05, 0) is 38.5 Å². The van der Waals surface area contributed by atoms with E-state index in [1.807, 2.05) is 6.92 Å².